The molecule has 0 radical (unpaired) electrons. The van der Waals surface area contributed by atoms with E-state index in [9.17, 15) is 14.4 Å². The van der Waals surface area contributed by atoms with Gasteiger partial charge in [-0.2, -0.15) is 0 Å². The molecule has 0 saturated carbocycles. The molecule has 0 fully saturated rings. The van der Waals surface area contributed by atoms with Crippen molar-refractivity contribution < 1.29 is 23.8 Å². The number of benzene rings is 2. The molecule has 3 N–H and O–H groups in total. The second-order valence-electron chi connectivity index (χ2n) is 12.4. The minimum absolute atomic E-state index is 0.0634. The van der Waals surface area contributed by atoms with Crippen molar-refractivity contribution in [1.82, 2.24) is 15.2 Å². The number of anilines is 1. The predicted octanol–water partition coefficient (Wildman–Crippen LogP) is 5.77. The van der Waals surface area contributed by atoms with Gasteiger partial charge in [0.1, 0.15) is 6.04 Å². The first kappa shape index (κ1) is 34.3. The maximum atomic E-state index is 13.9. The zero-order chi connectivity index (χ0) is 34.5. The first-order valence-corrected chi connectivity index (χ1v) is 16.5. The summed E-state index contributed by atoms with van der Waals surface area (Å²) in [7, 11) is 4.69. The number of aryl methyl sites for hydroxylation is 2. The van der Waals surface area contributed by atoms with Gasteiger partial charge in [-0.15, -0.1) is 0 Å². The fourth-order valence-electron chi connectivity index (χ4n) is 6.74. The summed E-state index contributed by atoms with van der Waals surface area (Å²) in [5.74, 6) is 1.01. The Morgan fingerprint density at radius 2 is 1.75 bits per heavy atom. The van der Waals surface area contributed by atoms with Crippen molar-refractivity contribution in [2.24, 2.45) is 5.92 Å². The van der Waals surface area contributed by atoms with Crippen molar-refractivity contribution in [2.75, 3.05) is 33.2 Å². The van der Waals surface area contributed by atoms with Crippen LogP contribution in [0.5, 0.6) is 17.2 Å². The highest BCUT2D eigenvalue weighted by atomic mass is 16.5. The molecule has 1 heterocycles. The fraction of sp³-hybridized carbons (Fsp3) is 0.395. The second-order valence-corrected chi connectivity index (χ2v) is 12.4. The van der Waals surface area contributed by atoms with E-state index >= 15 is 0 Å². The molecule has 0 aliphatic heterocycles. The number of nitrogens with one attached hydrogen (secondary N) is 3. The largest absolute Gasteiger partial charge is 0.493 e. The summed E-state index contributed by atoms with van der Waals surface area (Å²) in [5, 5.41) is 10.6. The summed E-state index contributed by atoms with van der Waals surface area (Å²) < 4.78 is 19.4. The van der Waals surface area contributed by atoms with Crippen LogP contribution in [0, 0.1) is 12.8 Å². The molecular formula is C38H46N4O6. The average molecular weight is 655 g/mol. The summed E-state index contributed by atoms with van der Waals surface area (Å²) in [4.78, 5) is 40.0. The topological polar surface area (TPSA) is 120 Å². The molecule has 254 valence electrons. The van der Waals surface area contributed by atoms with E-state index in [0.29, 0.717) is 54.4 Å². The number of carbonyl (C=O) groups is 2. The molecule has 3 aromatic carbocycles. The van der Waals surface area contributed by atoms with Crippen LogP contribution in [0.1, 0.15) is 56.5 Å². The fourth-order valence-corrected chi connectivity index (χ4v) is 6.74. The van der Waals surface area contributed by atoms with Gasteiger partial charge in [0.2, 0.25) is 23.0 Å². The van der Waals surface area contributed by atoms with E-state index in [1.165, 1.54) is 6.92 Å². The number of ether oxygens (including phenoxy) is 3. The van der Waals surface area contributed by atoms with Crippen LogP contribution >= 0.6 is 0 Å². The molecule has 0 bridgehead atoms. The van der Waals surface area contributed by atoms with Gasteiger partial charge in [-0.25, -0.2) is 0 Å². The van der Waals surface area contributed by atoms with Crippen LogP contribution < -0.4 is 35.6 Å². The number of nitrogens with zero attached hydrogens (tertiary/aromatic N) is 1. The van der Waals surface area contributed by atoms with E-state index in [2.05, 4.69) is 45.6 Å². The predicted molar refractivity (Wildman–Crippen MR) is 189 cm³/mol. The average Bonchev–Trinajstić information content (AvgIpc) is 3.21. The highest BCUT2D eigenvalue weighted by molar-refractivity contribution is 5.86. The van der Waals surface area contributed by atoms with Crippen LogP contribution in [0.25, 0.3) is 22.0 Å². The van der Waals surface area contributed by atoms with Crippen molar-refractivity contribution in [2.45, 2.75) is 65.6 Å². The van der Waals surface area contributed by atoms with E-state index in [0.717, 1.165) is 39.7 Å². The molecule has 3 unspecified atom stereocenters. The maximum absolute atomic E-state index is 13.9. The van der Waals surface area contributed by atoms with Crippen LogP contribution in [0.4, 0.5) is 5.69 Å². The number of methoxy groups -OCH3 is 3. The van der Waals surface area contributed by atoms with Crippen molar-refractivity contribution >= 4 is 28.4 Å². The van der Waals surface area contributed by atoms with Crippen LogP contribution in [0.2, 0.25) is 0 Å². The van der Waals surface area contributed by atoms with Gasteiger partial charge in [-0.05, 0) is 78.1 Å². The Morgan fingerprint density at radius 1 is 1.00 bits per heavy atom. The number of hydrogen-bond donors (Lipinski definition) is 3. The van der Waals surface area contributed by atoms with Gasteiger partial charge < -0.3 is 34.7 Å². The zero-order valence-corrected chi connectivity index (χ0v) is 28.9. The van der Waals surface area contributed by atoms with Gasteiger partial charge in [0.25, 0.3) is 0 Å². The molecule has 10 heteroatoms. The molecule has 5 rings (SSSR count). The van der Waals surface area contributed by atoms with Gasteiger partial charge in [-0.3, -0.25) is 14.4 Å². The van der Waals surface area contributed by atoms with Gasteiger partial charge in [0.15, 0.2) is 11.5 Å². The summed E-state index contributed by atoms with van der Waals surface area (Å²) in [6.45, 7) is 8.61. The number of hydrogen-bond acceptors (Lipinski definition) is 7. The molecule has 4 aromatic rings. The Labute approximate surface area is 281 Å². The molecular weight excluding hydrogens is 608 g/mol. The van der Waals surface area contributed by atoms with Crippen LogP contribution in [-0.2, 0) is 22.6 Å². The van der Waals surface area contributed by atoms with Crippen molar-refractivity contribution in [1.29, 1.82) is 0 Å². The highest BCUT2D eigenvalue weighted by Crippen LogP contribution is 2.50. The van der Waals surface area contributed by atoms with Crippen LogP contribution in [-0.4, -0.2) is 50.3 Å². The quantitative estimate of drug-likeness (QED) is 0.178. The number of amides is 2. The Hall–Kier alpha value is -4.99. The van der Waals surface area contributed by atoms with E-state index in [4.69, 9.17) is 14.2 Å². The Bertz CT molecular complexity index is 1880. The highest BCUT2D eigenvalue weighted by Gasteiger charge is 2.30. The molecule has 2 amide bonds. The second kappa shape index (κ2) is 14.8. The lowest BCUT2D eigenvalue weighted by Crippen LogP contribution is -2.45. The van der Waals surface area contributed by atoms with E-state index < -0.39 is 12.1 Å². The van der Waals surface area contributed by atoms with Crippen LogP contribution in [0.15, 0.2) is 59.4 Å². The van der Waals surface area contributed by atoms with Gasteiger partial charge >= 0.3 is 0 Å². The zero-order valence-electron chi connectivity index (χ0n) is 28.9. The molecule has 3 atom stereocenters. The SMILES string of the molecule is CCC(C)C(Nc1ccc2c(cc1=O)C(NC(C)=O)CCc1cc(OC)c(OC)c(OC)c1-2)C(=O)NCCn1c(C)cc2ccccc21. The van der Waals surface area contributed by atoms with E-state index in [-0.39, 0.29) is 23.2 Å². The lowest BCUT2D eigenvalue weighted by molar-refractivity contribution is -0.123. The molecule has 1 aromatic heterocycles. The van der Waals surface area contributed by atoms with E-state index in [1.807, 2.05) is 38.1 Å². The Balaban J connectivity index is 1.50. The molecule has 48 heavy (non-hydrogen) atoms. The third-order valence-corrected chi connectivity index (χ3v) is 9.37. The van der Waals surface area contributed by atoms with Crippen molar-refractivity contribution in [3.63, 3.8) is 0 Å². The summed E-state index contributed by atoms with van der Waals surface area (Å²) >= 11 is 0. The first-order valence-electron chi connectivity index (χ1n) is 16.5. The summed E-state index contributed by atoms with van der Waals surface area (Å²) in [5.41, 5.74) is 5.34. The van der Waals surface area contributed by atoms with Gasteiger partial charge in [0.05, 0.1) is 33.1 Å². The molecule has 1 aliphatic carbocycles. The Morgan fingerprint density at radius 3 is 2.44 bits per heavy atom. The molecule has 10 nitrogen and oxygen atoms in total. The third-order valence-electron chi connectivity index (χ3n) is 9.37. The van der Waals surface area contributed by atoms with Gasteiger partial charge in [0, 0.05) is 36.8 Å². The minimum atomic E-state index is -0.648. The first-order chi connectivity index (χ1) is 23.1. The monoisotopic (exact) mass is 654 g/mol. The van der Waals surface area contributed by atoms with Crippen LogP contribution in [0.3, 0.4) is 0 Å². The summed E-state index contributed by atoms with van der Waals surface area (Å²) in [6.07, 6.45) is 1.88. The Kier molecular flexibility index (Phi) is 10.6. The van der Waals surface area contributed by atoms with Crippen molar-refractivity contribution in [3.05, 3.63) is 81.6 Å². The molecule has 1 aliphatic rings. The molecule has 0 saturated heterocycles. The number of aromatic nitrogens is 1. The number of carbonyl (C=O) groups excluding carboxylic acids is 2. The van der Waals surface area contributed by atoms with E-state index in [1.54, 1.807) is 33.5 Å². The number of fused-ring (bicyclic) bond motifs is 4. The third kappa shape index (κ3) is 6.83. The van der Waals surface area contributed by atoms with Crippen molar-refractivity contribution in [3.8, 4) is 28.4 Å². The normalized spacial score (nSPS) is 14.9. The number of para-hydroxylation sites is 1. The standard InChI is InChI=1S/C38H46N4O6/c1-8-22(2)35(38(45)39-17-18-42-23(3)19-25-11-9-10-12-31(25)42)41-30-16-14-27-28(21-32(30)44)29(40-24(4)43)15-13-26-20-33(46-5)36(47-6)37(48-7)34(26)27/h9-12,14,16,19-22,29,35H,8,13,15,17-18H2,1-7H3,(H,39,45)(H,40,43)(H,41,44). The number of rotatable bonds is 12. The summed E-state index contributed by atoms with van der Waals surface area (Å²) in [6, 6.07) is 16.3. The minimum Gasteiger partial charge on any atom is -0.493 e. The maximum Gasteiger partial charge on any atom is 0.242 e. The molecule has 0 spiro atoms. The lowest BCUT2D eigenvalue weighted by Gasteiger charge is -2.24. The lowest BCUT2D eigenvalue weighted by atomic mass is 9.95. The van der Waals surface area contributed by atoms with Gasteiger partial charge in [-0.1, -0.05) is 44.5 Å². The smallest absolute Gasteiger partial charge is 0.242 e.